The van der Waals surface area contributed by atoms with Crippen molar-refractivity contribution in [3.63, 3.8) is 0 Å². The fourth-order valence-electron chi connectivity index (χ4n) is 3.24. The van der Waals surface area contributed by atoms with Gasteiger partial charge in [0, 0.05) is 36.3 Å². The number of alkyl halides is 3. The van der Waals surface area contributed by atoms with Crippen LogP contribution in [0.15, 0.2) is 48.7 Å². The van der Waals surface area contributed by atoms with Gasteiger partial charge >= 0.3 is 6.36 Å². The van der Waals surface area contributed by atoms with E-state index in [1.54, 1.807) is 18.2 Å². The Bertz CT molecular complexity index is 1140. The standard InChI is InChI=1S/C21H18F3N5O3S/c22-21(23,24)32-14-6-4-13(5-7-14)26-18(30)12-29-10-8-15-17(11-29)33-20(27-15)28-19(31)16-3-1-2-9-25-16/h1-7,9H,8,10-12H2,(H,26,30)(H,27,28,31). The Morgan fingerprint density at radius 3 is 2.61 bits per heavy atom. The molecule has 3 heterocycles. The Hall–Kier alpha value is -3.51. The highest BCUT2D eigenvalue weighted by Gasteiger charge is 2.31. The van der Waals surface area contributed by atoms with Crippen LogP contribution in [-0.4, -0.2) is 46.1 Å². The highest BCUT2D eigenvalue weighted by molar-refractivity contribution is 7.15. The zero-order valence-corrected chi connectivity index (χ0v) is 17.9. The van der Waals surface area contributed by atoms with Gasteiger partial charge in [0.1, 0.15) is 11.4 Å². The molecule has 4 rings (SSSR count). The number of carbonyl (C=O) groups is 2. The SMILES string of the molecule is O=C(CN1CCc2nc(NC(=O)c3ccccn3)sc2C1)Nc1ccc(OC(F)(F)F)cc1. The van der Waals surface area contributed by atoms with E-state index in [2.05, 4.69) is 25.3 Å². The molecule has 2 amide bonds. The van der Waals surface area contributed by atoms with Gasteiger partial charge in [-0.2, -0.15) is 0 Å². The molecular formula is C21H18F3N5O3S. The molecule has 0 saturated heterocycles. The summed E-state index contributed by atoms with van der Waals surface area (Å²) in [5, 5.41) is 5.88. The van der Waals surface area contributed by atoms with E-state index in [-0.39, 0.29) is 24.1 Å². The van der Waals surface area contributed by atoms with Crippen molar-refractivity contribution >= 4 is 34.0 Å². The minimum atomic E-state index is -4.77. The Labute approximate surface area is 190 Å². The molecule has 1 aromatic carbocycles. The Morgan fingerprint density at radius 1 is 1.12 bits per heavy atom. The summed E-state index contributed by atoms with van der Waals surface area (Å²) in [5.74, 6) is -0.999. The summed E-state index contributed by atoms with van der Waals surface area (Å²) >= 11 is 1.35. The number of anilines is 2. The molecule has 1 aliphatic heterocycles. The normalized spacial score (nSPS) is 13.8. The molecule has 0 aliphatic carbocycles. The molecule has 33 heavy (non-hydrogen) atoms. The lowest BCUT2D eigenvalue weighted by atomic mass is 10.2. The fourth-order valence-corrected chi connectivity index (χ4v) is 4.28. The molecule has 2 N–H and O–H groups in total. The fraction of sp³-hybridized carbons (Fsp3) is 0.238. The number of nitrogens with zero attached hydrogens (tertiary/aromatic N) is 3. The lowest BCUT2D eigenvalue weighted by Gasteiger charge is -2.25. The van der Waals surface area contributed by atoms with Crippen LogP contribution >= 0.6 is 11.3 Å². The van der Waals surface area contributed by atoms with Crippen molar-refractivity contribution in [1.29, 1.82) is 0 Å². The van der Waals surface area contributed by atoms with E-state index >= 15 is 0 Å². The lowest BCUT2D eigenvalue weighted by molar-refractivity contribution is -0.274. The number of fused-ring (bicyclic) bond motifs is 1. The molecular weight excluding hydrogens is 459 g/mol. The van der Waals surface area contributed by atoms with E-state index in [0.717, 1.165) is 22.7 Å². The second-order valence-electron chi connectivity index (χ2n) is 7.14. The number of aromatic nitrogens is 2. The van der Waals surface area contributed by atoms with Gasteiger partial charge in [0.15, 0.2) is 5.13 Å². The maximum atomic E-state index is 12.4. The first-order chi connectivity index (χ1) is 15.7. The number of pyridine rings is 1. The number of halogens is 3. The summed E-state index contributed by atoms with van der Waals surface area (Å²) in [5.41, 5.74) is 1.54. The zero-order valence-electron chi connectivity index (χ0n) is 17.1. The molecule has 0 fully saturated rings. The largest absolute Gasteiger partial charge is 0.573 e. The van der Waals surface area contributed by atoms with Crippen LogP contribution in [0.2, 0.25) is 0 Å². The number of hydrogen-bond donors (Lipinski definition) is 2. The number of thiazole rings is 1. The number of nitrogens with one attached hydrogen (secondary N) is 2. The summed E-state index contributed by atoms with van der Waals surface area (Å²) in [6.07, 6.45) is -2.60. The quantitative estimate of drug-likeness (QED) is 0.562. The van der Waals surface area contributed by atoms with Crippen LogP contribution in [0.25, 0.3) is 0 Å². The number of carbonyl (C=O) groups excluding carboxylic acids is 2. The van der Waals surface area contributed by atoms with Crippen LogP contribution in [0.5, 0.6) is 5.75 Å². The maximum Gasteiger partial charge on any atom is 0.573 e. The molecule has 0 spiro atoms. The Kier molecular flexibility index (Phi) is 6.56. The summed E-state index contributed by atoms with van der Waals surface area (Å²) in [6, 6.07) is 10.0. The summed E-state index contributed by atoms with van der Waals surface area (Å²) < 4.78 is 40.5. The second-order valence-corrected chi connectivity index (χ2v) is 8.22. The Morgan fingerprint density at radius 2 is 1.91 bits per heavy atom. The summed E-state index contributed by atoms with van der Waals surface area (Å²) in [4.78, 5) is 36.0. The van der Waals surface area contributed by atoms with Gasteiger partial charge in [0.25, 0.3) is 5.91 Å². The number of rotatable bonds is 6. The van der Waals surface area contributed by atoms with Crippen LogP contribution in [-0.2, 0) is 17.8 Å². The number of hydrogen-bond acceptors (Lipinski definition) is 7. The van der Waals surface area contributed by atoms with Crippen molar-refractivity contribution in [2.24, 2.45) is 0 Å². The van der Waals surface area contributed by atoms with E-state index in [9.17, 15) is 22.8 Å². The molecule has 172 valence electrons. The first-order valence-electron chi connectivity index (χ1n) is 9.84. The number of benzene rings is 1. The third-order valence-corrected chi connectivity index (χ3v) is 5.66. The molecule has 0 unspecified atom stereocenters. The number of ether oxygens (including phenoxy) is 1. The van der Waals surface area contributed by atoms with Gasteiger partial charge in [-0.05, 0) is 36.4 Å². The molecule has 3 aromatic rings. The van der Waals surface area contributed by atoms with Crippen molar-refractivity contribution in [3.8, 4) is 5.75 Å². The summed E-state index contributed by atoms with van der Waals surface area (Å²) in [7, 11) is 0. The highest BCUT2D eigenvalue weighted by Crippen LogP contribution is 2.29. The smallest absolute Gasteiger partial charge is 0.406 e. The summed E-state index contributed by atoms with van der Waals surface area (Å²) in [6.45, 7) is 1.21. The Balaban J connectivity index is 1.30. The molecule has 0 radical (unpaired) electrons. The predicted octanol–water partition coefficient (Wildman–Crippen LogP) is 3.69. The van der Waals surface area contributed by atoms with E-state index < -0.39 is 6.36 Å². The first-order valence-corrected chi connectivity index (χ1v) is 10.7. The minimum absolute atomic E-state index is 0.105. The van der Waals surface area contributed by atoms with Crippen molar-refractivity contribution in [2.75, 3.05) is 23.7 Å². The van der Waals surface area contributed by atoms with Crippen LogP contribution in [0.1, 0.15) is 21.1 Å². The molecule has 0 saturated carbocycles. The zero-order chi connectivity index (χ0) is 23.4. The van der Waals surface area contributed by atoms with Gasteiger partial charge in [-0.3, -0.25) is 24.8 Å². The molecule has 8 nitrogen and oxygen atoms in total. The first kappa shape index (κ1) is 22.7. The van der Waals surface area contributed by atoms with Crippen LogP contribution < -0.4 is 15.4 Å². The van der Waals surface area contributed by atoms with E-state index in [1.165, 1.54) is 29.7 Å². The minimum Gasteiger partial charge on any atom is -0.406 e. The van der Waals surface area contributed by atoms with E-state index in [0.29, 0.717) is 36.0 Å². The van der Waals surface area contributed by atoms with Crippen LogP contribution in [0.3, 0.4) is 0 Å². The second kappa shape index (κ2) is 9.55. The lowest BCUT2D eigenvalue weighted by Crippen LogP contribution is -2.36. The average molecular weight is 477 g/mol. The van der Waals surface area contributed by atoms with Crippen LogP contribution in [0.4, 0.5) is 24.0 Å². The number of amides is 2. The molecule has 1 aliphatic rings. The topological polar surface area (TPSA) is 96.5 Å². The predicted molar refractivity (Wildman–Crippen MR) is 115 cm³/mol. The maximum absolute atomic E-state index is 12.4. The highest BCUT2D eigenvalue weighted by atomic mass is 32.1. The van der Waals surface area contributed by atoms with Gasteiger partial charge in [-0.1, -0.05) is 6.07 Å². The van der Waals surface area contributed by atoms with Gasteiger partial charge in [-0.15, -0.1) is 24.5 Å². The molecule has 0 atom stereocenters. The molecule has 0 bridgehead atoms. The monoisotopic (exact) mass is 477 g/mol. The van der Waals surface area contributed by atoms with Gasteiger partial charge < -0.3 is 10.1 Å². The van der Waals surface area contributed by atoms with Crippen molar-refractivity contribution in [3.05, 3.63) is 64.9 Å². The van der Waals surface area contributed by atoms with E-state index in [4.69, 9.17) is 0 Å². The third-order valence-electron chi connectivity index (χ3n) is 4.67. The van der Waals surface area contributed by atoms with Gasteiger partial charge in [-0.25, -0.2) is 4.98 Å². The van der Waals surface area contributed by atoms with Gasteiger partial charge in [0.05, 0.1) is 12.2 Å². The van der Waals surface area contributed by atoms with E-state index in [1.807, 2.05) is 4.90 Å². The van der Waals surface area contributed by atoms with Crippen molar-refractivity contribution in [2.45, 2.75) is 19.3 Å². The molecule has 2 aromatic heterocycles. The molecule has 12 heteroatoms. The van der Waals surface area contributed by atoms with Crippen molar-refractivity contribution in [1.82, 2.24) is 14.9 Å². The van der Waals surface area contributed by atoms with Gasteiger partial charge in [0.2, 0.25) is 5.91 Å². The van der Waals surface area contributed by atoms with Crippen molar-refractivity contribution < 1.29 is 27.5 Å². The average Bonchev–Trinajstić information content (AvgIpc) is 3.16. The third kappa shape index (κ3) is 6.26. The van der Waals surface area contributed by atoms with Crippen LogP contribution in [0, 0.1) is 0 Å².